The molecule has 562 valence electrons. The minimum Gasteiger partial charge on any atom is -0.508 e. The Morgan fingerprint density at radius 1 is 0.312 bits per heavy atom. The van der Waals surface area contributed by atoms with E-state index in [4.69, 9.17) is 14.2 Å². The predicted molar refractivity (Wildman–Crippen MR) is 408 cm³/mol. The molecule has 112 heavy (non-hydrogen) atoms. The summed E-state index contributed by atoms with van der Waals surface area (Å²) in [5.74, 6) is -15.2. The minimum atomic E-state index is -1.53. The molecule has 22 heteroatoms. The van der Waals surface area contributed by atoms with Gasteiger partial charge in [0, 0.05) is 105 Å². The Morgan fingerprint density at radius 2 is 0.679 bits per heavy atom. The maximum absolute atomic E-state index is 15.7. The maximum atomic E-state index is 15.7. The topological polar surface area (TPSA) is 403 Å². The summed E-state index contributed by atoms with van der Waals surface area (Å²) in [4.78, 5) is 43.3. The first-order valence-corrected chi connectivity index (χ1v) is 35.4. The monoisotopic (exact) mass is 1500 g/mol. The number of hydrogen-bond acceptors (Lipinski definition) is 22. The summed E-state index contributed by atoms with van der Waals surface area (Å²) < 4.78 is 21.2. The van der Waals surface area contributed by atoms with Crippen molar-refractivity contribution in [2.75, 3.05) is 0 Å². The highest BCUT2D eigenvalue weighted by molar-refractivity contribution is 6.09. The minimum absolute atomic E-state index is 0.0429. The van der Waals surface area contributed by atoms with Crippen molar-refractivity contribution in [1.29, 1.82) is 0 Å². The van der Waals surface area contributed by atoms with Gasteiger partial charge in [-0.2, -0.15) is 0 Å². The molecule has 3 heterocycles. The molecule has 22 nitrogen and oxygen atoms in total. The summed E-state index contributed by atoms with van der Waals surface area (Å²) in [6.07, 6.45) is 0.370. The van der Waals surface area contributed by atoms with E-state index < -0.39 is 123 Å². The smallest absolute Gasteiger partial charge is 0.189 e. The molecule has 12 aromatic rings. The standard InChI is InChI=1S/C90H70O22/c91-50-13-1-44(2-14-50)35-68-85(86(109)61-28-24-57(98)39-74(61)104)89(49-11-19-53(94)20-12-49)112-90(68)65-41-64(77(107)43-78(65)108)82(84-67-34-46(4-30-70(100)59-26-22-55(96)37-72(59)102)6-32-80(67)111-88(84)48-9-17-52(93)18-10-48)63-40-62(75(105)42-76(63)106)81(60-27-23-56(97)38-73(60)103)83-66-33-45(3-29-69(99)58-25-21-54(95)36-71(58)101)5-31-79(66)110-87(83)47-7-15-51(92)16-8-47/h1-34,36-43,68,81-85,87-98,101-108H,35H2/b29-3+,30-4+/t68-,81+,82-,83-,84-,85+,87+,88+,89-,90+/m1/s1. The molecule has 3 aliphatic rings. The lowest BCUT2D eigenvalue weighted by Crippen LogP contribution is -2.27. The fourth-order valence-electron chi connectivity index (χ4n) is 15.9. The van der Waals surface area contributed by atoms with Crippen LogP contribution in [0.4, 0.5) is 0 Å². The molecule has 0 spiro atoms. The number of aromatic hydroxyl groups is 16. The van der Waals surface area contributed by atoms with Crippen LogP contribution in [-0.4, -0.2) is 99.1 Å². The molecule has 0 unspecified atom stereocenters. The number of Topliss-reactive ketones (excluding diaryl/α,β-unsaturated/α-hetero) is 1. The van der Waals surface area contributed by atoms with Gasteiger partial charge in [-0.25, -0.2) is 0 Å². The number of rotatable bonds is 20. The van der Waals surface area contributed by atoms with Gasteiger partial charge < -0.3 is 95.9 Å². The van der Waals surface area contributed by atoms with E-state index >= 15 is 4.79 Å². The molecule has 1 fully saturated rings. The van der Waals surface area contributed by atoms with Gasteiger partial charge in [0.2, 0.25) is 0 Å². The van der Waals surface area contributed by atoms with E-state index in [-0.39, 0.29) is 108 Å². The van der Waals surface area contributed by atoms with Crippen molar-refractivity contribution in [3.05, 3.63) is 332 Å². The number of phenols is 16. The van der Waals surface area contributed by atoms with Crippen LogP contribution in [0.2, 0.25) is 0 Å². The third kappa shape index (κ3) is 14.1. The number of phenolic OH excluding ortho intramolecular Hbond substituents is 16. The molecule has 10 atom stereocenters. The largest absolute Gasteiger partial charge is 0.508 e. The first kappa shape index (κ1) is 73.0. The Bertz CT molecular complexity index is 5760. The molecule has 15 rings (SSSR count). The van der Waals surface area contributed by atoms with Crippen molar-refractivity contribution in [2.24, 2.45) is 11.8 Å². The second-order valence-electron chi connectivity index (χ2n) is 28.0. The van der Waals surface area contributed by atoms with Crippen LogP contribution in [0.15, 0.2) is 243 Å². The van der Waals surface area contributed by atoms with Gasteiger partial charge in [-0.3, -0.25) is 14.4 Å². The lowest BCUT2D eigenvalue weighted by atomic mass is 9.69. The van der Waals surface area contributed by atoms with Crippen LogP contribution in [0.25, 0.3) is 12.2 Å². The molecule has 0 saturated carbocycles. The van der Waals surface area contributed by atoms with E-state index in [1.165, 1.54) is 133 Å². The molecule has 0 radical (unpaired) electrons. The number of benzene rings is 12. The van der Waals surface area contributed by atoms with Crippen LogP contribution in [0.1, 0.15) is 151 Å². The average molecular weight is 1500 g/mol. The second kappa shape index (κ2) is 29.6. The van der Waals surface area contributed by atoms with Crippen LogP contribution >= 0.6 is 0 Å². The number of carbonyl (C=O) groups is 3. The quantitative estimate of drug-likeness (QED) is 0.0249. The summed E-state index contributed by atoms with van der Waals surface area (Å²) in [5.41, 5.74) is 2.64. The Morgan fingerprint density at radius 3 is 1.12 bits per heavy atom. The van der Waals surface area contributed by atoms with Crippen molar-refractivity contribution in [3.8, 4) is 103 Å². The first-order valence-electron chi connectivity index (χ1n) is 35.4. The highest BCUT2D eigenvalue weighted by Crippen LogP contribution is 2.63. The predicted octanol–water partition coefficient (Wildman–Crippen LogP) is 16.0. The lowest BCUT2D eigenvalue weighted by Gasteiger charge is -2.34. The molecule has 0 aromatic heterocycles. The van der Waals surface area contributed by atoms with Crippen molar-refractivity contribution < 1.29 is 110 Å². The van der Waals surface area contributed by atoms with Crippen LogP contribution < -0.4 is 9.47 Å². The van der Waals surface area contributed by atoms with E-state index in [0.717, 1.165) is 36.4 Å². The molecular weight excluding hydrogens is 1430 g/mol. The van der Waals surface area contributed by atoms with Crippen molar-refractivity contribution in [1.82, 2.24) is 0 Å². The zero-order valence-corrected chi connectivity index (χ0v) is 58.8. The zero-order valence-electron chi connectivity index (χ0n) is 58.8. The highest BCUT2D eigenvalue weighted by Gasteiger charge is 2.52. The molecule has 0 aliphatic carbocycles. The Kier molecular flexibility index (Phi) is 19.3. The average Bonchev–Trinajstić information content (AvgIpc) is 1.53. The van der Waals surface area contributed by atoms with Gasteiger partial charge in [0.25, 0.3) is 0 Å². The van der Waals surface area contributed by atoms with Gasteiger partial charge in [0.1, 0.15) is 116 Å². The van der Waals surface area contributed by atoms with Gasteiger partial charge in [0.05, 0.1) is 34.8 Å². The van der Waals surface area contributed by atoms with Gasteiger partial charge in [0.15, 0.2) is 17.3 Å². The second-order valence-corrected chi connectivity index (χ2v) is 28.0. The molecule has 0 bridgehead atoms. The van der Waals surface area contributed by atoms with Crippen LogP contribution in [0, 0.1) is 11.8 Å². The third-order valence-corrected chi connectivity index (χ3v) is 21.1. The molecule has 1 saturated heterocycles. The van der Waals surface area contributed by atoms with Gasteiger partial charge in [-0.05, 0) is 179 Å². The lowest BCUT2D eigenvalue weighted by molar-refractivity contribution is 0.0253. The molecule has 0 amide bonds. The summed E-state index contributed by atoms with van der Waals surface area (Å²) in [5, 5.41) is 182. The fraction of sp³-hybridized carbons (Fsp3) is 0.122. The van der Waals surface area contributed by atoms with Gasteiger partial charge in [-0.1, -0.05) is 78.9 Å². The summed E-state index contributed by atoms with van der Waals surface area (Å²) in [7, 11) is 0. The number of carbonyl (C=O) groups excluding carboxylic acids is 3. The van der Waals surface area contributed by atoms with Crippen LogP contribution in [0.3, 0.4) is 0 Å². The summed E-state index contributed by atoms with van der Waals surface area (Å²) >= 11 is 0. The molecule has 12 aromatic carbocycles. The third-order valence-electron chi connectivity index (χ3n) is 21.1. The molecular formula is C90H70O22. The number of hydrogen-bond donors (Lipinski definition) is 16. The van der Waals surface area contributed by atoms with Gasteiger partial charge >= 0.3 is 0 Å². The van der Waals surface area contributed by atoms with Crippen molar-refractivity contribution in [2.45, 2.75) is 54.5 Å². The molecule has 16 N–H and O–H groups in total. The first-order chi connectivity index (χ1) is 53.8. The van der Waals surface area contributed by atoms with Crippen molar-refractivity contribution >= 4 is 29.5 Å². The number of allylic oxidation sites excluding steroid dienone is 2. The Hall–Kier alpha value is -14.5. The Labute approximate surface area is 638 Å². The SMILES string of the molecule is O=C(/C=C/c1ccc2c(c1)[C@H]([C@H](c1cc([C@H](c3ccc(O)cc3O)[C@H]3c4cc(/C=C/C(=O)c5ccc(O)cc5O)ccc4O[C@H]3c3ccc(O)cc3)c(O)cc1O)c1cc([C@@H]3O[C@H](c4ccc(O)cc4)[C@H](C(=O)c4ccc(O)cc4O)[C@H]3Cc3ccc(O)cc3)c(O)cc1O)[C@H](c1ccc(O)cc1)O2)c1ccc(O)cc1O. The molecule has 3 aliphatic heterocycles. The van der Waals surface area contributed by atoms with E-state index in [1.54, 1.807) is 84.9 Å². The maximum Gasteiger partial charge on any atom is 0.189 e. The normalized spacial score (nSPS) is 18.9. The van der Waals surface area contributed by atoms with Crippen LogP contribution in [0.5, 0.6) is 103 Å². The number of fused-ring (bicyclic) bond motifs is 2. The van der Waals surface area contributed by atoms with Crippen LogP contribution in [-0.2, 0) is 11.2 Å². The van der Waals surface area contributed by atoms with Crippen molar-refractivity contribution in [3.63, 3.8) is 0 Å². The van der Waals surface area contributed by atoms with E-state index in [9.17, 15) is 91.3 Å². The van der Waals surface area contributed by atoms with E-state index in [2.05, 4.69) is 0 Å². The summed E-state index contributed by atoms with van der Waals surface area (Å²) in [6, 6.07) is 53.5. The highest BCUT2D eigenvalue weighted by atomic mass is 16.5. The number of ether oxygens (including phenoxy) is 3. The fourth-order valence-corrected chi connectivity index (χ4v) is 15.9. The van der Waals surface area contributed by atoms with Gasteiger partial charge in [-0.15, -0.1) is 0 Å². The number of ketones is 3. The van der Waals surface area contributed by atoms with E-state index in [1.807, 2.05) is 0 Å². The summed E-state index contributed by atoms with van der Waals surface area (Å²) in [6.45, 7) is 0. The Balaban J connectivity index is 0.979. The van der Waals surface area contributed by atoms with E-state index in [0.29, 0.717) is 44.5 Å². The zero-order chi connectivity index (χ0) is 78.7.